The minimum absolute atomic E-state index is 0.00370. The van der Waals surface area contributed by atoms with Gasteiger partial charge in [-0.1, -0.05) is 22.0 Å². The van der Waals surface area contributed by atoms with Gasteiger partial charge in [0.2, 0.25) is 5.91 Å². The van der Waals surface area contributed by atoms with E-state index in [-0.39, 0.29) is 28.5 Å². The van der Waals surface area contributed by atoms with E-state index in [1.165, 1.54) is 6.07 Å². The molecule has 0 bridgehead atoms. The standard InChI is InChI=1S/C22H26BrN3O4/c1-13-4-6-18(11-21(13)30-3)25-22(27)15-5-7-17(9-15)24-12-19-14(2)8-16(23)10-20(19)26(28)29/h4,6,8,10-11,15,17,24H,5,7,9,12H2,1-3H3,(H,25,27). The van der Waals surface area contributed by atoms with Crippen molar-refractivity contribution in [2.45, 2.75) is 45.7 Å². The summed E-state index contributed by atoms with van der Waals surface area (Å²) >= 11 is 3.32. The minimum Gasteiger partial charge on any atom is -0.496 e. The Hall–Kier alpha value is -2.45. The first-order valence-corrected chi connectivity index (χ1v) is 10.7. The van der Waals surface area contributed by atoms with E-state index >= 15 is 0 Å². The highest BCUT2D eigenvalue weighted by molar-refractivity contribution is 9.10. The summed E-state index contributed by atoms with van der Waals surface area (Å²) in [6, 6.07) is 9.18. The van der Waals surface area contributed by atoms with Gasteiger partial charge >= 0.3 is 0 Å². The number of methoxy groups -OCH3 is 1. The number of rotatable bonds is 7. The third kappa shape index (κ3) is 5.17. The summed E-state index contributed by atoms with van der Waals surface area (Å²) in [5, 5.41) is 17.8. The van der Waals surface area contributed by atoms with Crippen molar-refractivity contribution in [3.05, 3.63) is 61.6 Å². The Bertz CT molecular complexity index is 964. The molecule has 3 rings (SSSR count). The second-order valence-electron chi connectivity index (χ2n) is 7.74. The van der Waals surface area contributed by atoms with Crippen molar-refractivity contribution in [2.24, 2.45) is 5.92 Å². The average Bonchev–Trinajstić information content (AvgIpc) is 3.17. The van der Waals surface area contributed by atoms with E-state index in [4.69, 9.17) is 4.74 Å². The molecule has 0 heterocycles. The summed E-state index contributed by atoms with van der Waals surface area (Å²) in [6.07, 6.45) is 2.35. The molecule has 0 saturated heterocycles. The highest BCUT2D eigenvalue weighted by Gasteiger charge is 2.30. The van der Waals surface area contributed by atoms with Gasteiger partial charge < -0.3 is 15.4 Å². The zero-order valence-electron chi connectivity index (χ0n) is 17.3. The zero-order chi connectivity index (χ0) is 21.8. The Balaban J connectivity index is 1.59. The molecule has 1 fully saturated rings. The number of carbonyl (C=O) groups excluding carboxylic acids is 1. The monoisotopic (exact) mass is 475 g/mol. The summed E-state index contributed by atoms with van der Waals surface area (Å²) in [5.74, 6) is 0.650. The highest BCUT2D eigenvalue weighted by atomic mass is 79.9. The predicted molar refractivity (Wildman–Crippen MR) is 120 cm³/mol. The van der Waals surface area contributed by atoms with Crippen LogP contribution in [0.4, 0.5) is 11.4 Å². The smallest absolute Gasteiger partial charge is 0.275 e. The van der Waals surface area contributed by atoms with Gasteiger partial charge in [-0.25, -0.2) is 0 Å². The van der Waals surface area contributed by atoms with E-state index in [0.29, 0.717) is 23.0 Å². The molecule has 1 amide bonds. The number of nitrogens with one attached hydrogen (secondary N) is 2. The van der Waals surface area contributed by atoms with E-state index in [9.17, 15) is 14.9 Å². The van der Waals surface area contributed by atoms with Crippen molar-refractivity contribution in [1.82, 2.24) is 5.32 Å². The number of amides is 1. The minimum atomic E-state index is -0.352. The van der Waals surface area contributed by atoms with Crippen molar-refractivity contribution in [3.63, 3.8) is 0 Å². The SMILES string of the molecule is COc1cc(NC(=O)C2CCC(NCc3c(C)cc(Br)cc3[N+](=O)[O-])C2)ccc1C. The van der Waals surface area contributed by atoms with Gasteiger partial charge in [0, 0.05) is 46.4 Å². The average molecular weight is 476 g/mol. The molecule has 2 aromatic rings. The van der Waals surface area contributed by atoms with Gasteiger partial charge in [0.05, 0.1) is 12.0 Å². The van der Waals surface area contributed by atoms with Crippen LogP contribution in [0.5, 0.6) is 5.75 Å². The molecule has 1 aliphatic rings. The van der Waals surface area contributed by atoms with Gasteiger partial charge in [-0.2, -0.15) is 0 Å². The topological polar surface area (TPSA) is 93.5 Å². The molecule has 1 saturated carbocycles. The van der Waals surface area contributed by atoms with Gasteiger partial charge in [-0.3, -0.25) is 14.9 Å². The summed E-state index contributed by atoms with van der Waals surface area (Å²) in [5.41, 5.74) is 3.39. The van der Waals surface area contributed by atoms with Gasteiger partial charge in [0.25, 0.3) is 5.69 Å². The highest BCUT2D eigenvalue weighted by Crippen LogP contribution is 2.31. The first-order chi connectivity index (χ1) is 14.3. The van der Waals surface area contributed by atoms with Crippen LogP contribution in [0.3, 0.4) is 0 Å². The Morgan fingerprint density at radius 2 is 2.00 bits per heavy atom. The fourth-order valence-corrected chi connectivity index (χ4v) is 4.50. The van der Waals surface area contributed by atoms with E-state index < -0.39 is 0 Å². The van der Waals surface area contributed by atoms with Crippen molar-refractivity contribution in [2.75, 3.05) is 12.4 Å². The van der Waals surface area contributed by atoms with Crippen LogP contribution in [0.2, 0.25) is 0 Å². The van der Waals surface area contributed by atoms with Crippen molar-refractivity contribution in [1.29, 1.82) is 0 Å². The molecular weight excluding hydrogens is 450 g/mol. The van der Waals surface area contributed by atoms with Crippen molar-refractivity contribution in [3.8, 4) is 5.75 Å². The summed E-state index contributed by atoms with van der Waals surface area (Å²) in [6.45, 7) is 4.23. The molecule has 0 aliphatic heterocycles. The second-order valence-corrected chi connectivity index (χ2v) is 8.65. The van der Waals surface area contributed by atoms with E-state index in [0.717, 1.165) is 35.4 Å². The zero-order valence-corrected chi connectivity index (χ0v) is 18.9. The first-order valence-electron chi connectivity index (χ1n) is 9.90. The van der Waals surface area contributed by atoms with Crippen molar-refractivity contribution >= 4 is 33.2 Å². The molecule has 160 valence electrons. The number of hydrogen-bond donors (Lipinski definition) is 2. The quantitative estimate of drug-likeness (QED) is 0.439. The molecule has 2 atom stereocenters. The Labute approximate surface area is 184 Å². The molecule has 8 heteroatoms. The van der Waals surface area contributed by atoms with Crippen LogP contribution in [0.15, 0.2) is 34.8 Å². The molecule has 1 aliphatic carbocycles. The summed E-state index contributed by atoms with van der Waals surface area (Å²) in [4.78, 5) is 23.7. The number of anilines is 1. The van der Waals surface area contributed by atoms with Crippen LogP contribution in [-0.2, 0) is 11.3 Å². The van der Waals surface area contributed by atoms with E-state index in [2.05, 4.69) is 26.6 Å². The maximum atomic E-state index is 12.7. The van der Waals surface area contributed by atoms with Gasteiger partial charge in [-0.15, -0.1) is 0 Å². The second kappa shape index (κ2) is 9.57. The lowest BCUT2D eigenvalue weighted by molar-refractivity contribution is -0.385. The lowest BCUT2D eigenvalue weighted by Gasteiger charge is -2.15. The van der Waals surface area contributed by atoms with E-state index in [1.807, 2.05) is 38.1 Å². The third-order valence-electron chi connectivity index (χ3n) is 5.66. The molecule has 2 N–H and O–H groups in total. The molecule has 2 unspecified atom stereocenters. The number of benzene rings is 2. The van der Waals surface area contributed by atoms with Gasteiger partial charge in [-0.05, 0) is 56.4 Å². The molecule has 0 spiro atoms. The maximum absolute atomic E-state index is 12.7. The van der Waals surface area contributed by atoms with Crippen LogP contribution < -0.4 is 15.4 Å². The molecule has 7 nitrogen and oxygen atoms in total. The number of aryl methyl sites for hydroxylation is 2. The number of nitro groups is 1. The molecule has 2 aromatic carbocycles. The lowest BCUT2D eigenvalue weighted by atomic mass is 10.1. The number of ether oxygens (including phenoxy) is 1. The molecule has 30 heavy (non-hydrogen) atoms. The number of nitro benzene ring substituents is 1. The number of hydrogen-bond acceptors (Lipinski definition) is 5. The van der Waals surface area contributed by atoms with Crippen LogP contribution in [0.25, 0.3) is 0 Å². The number of halogens is 1. The molecule has 0 radical (unpaired) electrons. The number of carbonyl (C=O) groups is 1. The van der Waals surface area contributed by atoms with Crippen LogP contribution in [-0.4, -0.2) is 24.0 Å². The summed E-state index contributed by atoms with van der Waals surface area (Å²) in [7, 11) is 1.61. The summed E-state index contributed by atoms with van der Waals surface area (Å²) < 4.78 is 6.01. The largest absolute Gasteiger partial charge is 0.496 e. The van der Waals surface area contributed by atoms with Gasteiger partial charge in [0.15, 0.2) is 0 Å². The van der Waals surface area contributed by atoms with Crippen LogP contribution in [0, 0.1) is 29.9 Å². The first kappa shape index (κ1) is 22.2. The third-order valence-corrected chi connectivity index (χ3v) is 6.12. The van der Waals surface area contributed by atoms with Gasteiger partial charge in [0.1, 0.15) is 5.75 Å². The lowest BCUT2D eigenvalue weighted by Crippen LogP contribution is -2.28. The molecule has 0 aromatic heterocycles. The van der Waals surface area contributed by atoms with Crippen LogP contribution in [0.1, 0.15) is 36.0 Å². The Morgan fingerprint density at radius 3 is 2.70 bits per heavy atom. The van der Waals surface area contributed by atoms with Crippen LogP contribution >= 0.6 is 15.9 Å². The van der Waals surface area contributed by atoms with E-state index in [1.54, 1.807) is 7.11 Å². The normalized spacial score (nSPS) is 18.3. The maximum Gasteiger partial charge on any atom is 0.275 e. The Kier molecular flexibility index (Phi) is 7.10. The number of nitrogens with zero attached hydrogens (tertiary/aromatic N) is 1. The Morgan fingerprint density at radius 1 is 1.23 bits per heavy atom. The fourth-order valence-electron chi connectivity index (χ4n) is 3.94. The molecular formula is C22H26BrN3O4. The van der Waals surface area contributed by atoms with Crippen molar-refractivity contribution < 1.29 is 14.5 Å². The predicted octanol–water partition coefficient (Wildman–Crippen LogP) is 4.88. The fraction of sp³-hybridized carbons (Fsp3) is 0.409.